The van der Waals surface area contributed by atoms with Crippen molar-refractivity contribution in [1.29, 1.82) is 0 Å². The van der Waals surface area contributed by atoms with Gasteiger partial charge in [0.2, 0.25) is 0 Å². The monoisotopic (exact) mass is 238 g/mol. The van der Waals surface area contributed by atoms with Gasteiger partial charge in [-0.05, 0) is 31.2 Å². The molecule has 0 aliphatic carbocycles. The molecule has 0 aliphatic rings. The van der Waals surface area contributed by atoms with Crippen LogP contribution in [-0.4, -0.2) is 21.0 Å². The smallest absolute Gasteiger partial charge is 0.0646 e. The maximum Gasteiger partial charge on any atom is 0.0646 e. The molecular weight excluding hydrogens is 212 g/mol. The molecule has 0 fully saturated rings. The van der Waals surface area contributed by atoms with Crippen molar-refractivity contribution in [2.75, 3.05) is 0 Å². The Hall–Kier alpha value is -0.830. The maximum atomic E-state index is 10.3. The summed E-state index contributed by atoms with van der Waals surface area (Å²) < 4.78 is 2.01. The Morgan fingerprint density at radius 2 is 2.00 bits per heavy atom. The largest absolute Gasteiger partial charge is 0.392 e. The highest BCUT2D eigenvalue weighted by atomic mass is 16.3. The van der Waals surface area contributed by atoms with Crippen LogP contribution in [-0.2, 0) is 19.4 Å². The van der Waals surface area contributed by atoms with Crippen LogP contribution in [0.4, 0.5) is 0 Å². The third-order valence-corrected chi connectivity index (χ3v) is 3.79. The number of nitrogens with zero attached hydrogens (tertiary/aromatic N) is 2. The lowest BCUT2D eigenvalue weighted by atomic mass is 9.82. The van der Waals surface area contributed by atoms with Gasteiger partial charge in [-0.3, -0.25) is 4.68 Å². The van der Waals surface area contributed by atoms with Crippen LogP contribution >= 0.6 is 0 Å². The van der Waals surface area contributed by atoms with Crippen LogP contribution in [0.1, 0.15) is 52.4 Å². The molecule has 0 aromatic carbocycles. The van der Waals surface area contributed by atoms with Crippen molar-refractivity contribution >= 4 is 0 Å². The molecule has 0 aliphatic heterocycles. The predicted molar refractivity (Wildman–Crippen MR) is 71.1 cm³/mol. The topological polar surface area (TPSA) is 38.0 Å². The first-order valence-electron chi connectivity index (χ1n) is 6.68. The van der Waals surface area contributed by atoms with Gasteiger partial charge >= 0.3 is 0 Å². The van der Waals surface area contributed by atoms with E-state index in [1.54, 1.807) is 0 Å². The summed E-state index contributed by atoms with van der Waals surface area (Å²) in [6.45, 7) is 11.4. The summed E-state index contributed by atoms with van der Waals surface area (Å²) in [5.74, 6) is 0. The zero-order valence-corrected chi connectivity index (χ0v) is 11.8. The number of hydrogen-bond donors (Lipinski definition) is 1. The first-order valence-corrected chi connectivity index (χ1v) is 6.68. The maximum absolute atomic E-state index is 10.3. The van der Waals surface area contributed by atoms with Gasteiger partial charge in [0.25, 0.3) is 0 Å². The van der Waals surface area contributed by atoms with Crippen molar-refractivity contribution in [3.05, 3.63) is 17.5 Å². The molecule has 1 rings (SSSR count). The third-order valence-electron chi connectivity index (χ3n) is 3.79. The zero-order chi connectivity index (χ0) is 13.1. The van der Waals surface area contributed by atoms with Crippen molar-refractivity contribution in [2.45, 2.75) is 66.5 Å². The summed E-state index contributed by atoms with van der Waals surface area (Å²) >= 11 is 0. The van der Waals surface area contributed by atoms with Crippen LogP contribution in [0, 0.1) is 5.41 Å². The van der Waals surface area contributed by atoms with Gasteiger partial charge in [0.05, 0.1) is 11.8 Å². The van der Waals surface area contributed by atoms with Gasteiger partial charge in [0.15, 0.2) is 0 Å². The molecule has 0 amide bonds. The molecule has 1 aromatic rings. The highest BCUT2D eigenvalue weighted by molar-refractivity contribution is 5.12. The minimum absolute atomic E-state index is 0.0325. The van der Waals surface area contributed by atoms with Crippen LogP contribution in [0.15, 0.2) is 6.07 Å². The molecule has 0 saturated heterocycles. The summed E-state index contributed by atoms with van der Waals surface area (Å²) in [5.41, 5.74) is 2.23. The van der Waals surface area contributed by atoms with Crippen LogP contribution in [0.25, 0.3) is 0 Å². The number of hydrogen-bond acceptors (Lipinski definition) is 2. The Balaban J connectivity index is 2.83. The Labute approximate surface area is 105 Å². The lowest BCUT2D eigenvalue weighted by Crippen LogP contribution is -2.31. The van der Waals surface area contributed by atoms with Crippen molar-refractivity contribution in [1.82, 2.24) is 9.78 Å². The van der Waals surface area contributed by atoms with Gasteiger partial charge in [-0.1, -0.05) is 27.7 Å². The Morgan fingerprint density at radius 3 is 2.47 bits per heavy atom. The second-order valence-electron chi connectivity index (χ2n) is 5.36. The van der Waals surface area contributed by atoms with Crippen LogP contribution < -0.4 is 0 Å². The lowest BCUT2D eigenvalue weighted by molar-refractivity contribution is 0.0463. The van der Waals surface area contributed by atoms with E-state index in [1.165, 1.54) is 0 Å². The van der Waals surface area contributed by atoms with Crippen LogP contribution in [0.5, 0.6) is 0 Å². The van der Waals surface area contributed by atoms with Crippen LogP contribution in [0.3, 0.4) is 0 Å². The summed E-state index contributed by atoms with van der Waals surface area (Å²) in [6, 6.07) is 2.12. The van der Waals surface area contributed by atoms with Crippen molar-refractivity contribution < 1.29 is 5.11 Å². The number of aryl methyl sites for hydroxylation is 2. The summed E-state index contributed by atoms with van der Waals surface area (Å²) in [6.07, 6.45) is 2.32. The average molecular weight is 238 g/mol. The molecule has 1 unspecified atom stereocenters. The normalized spacial score (nSPS) is 14.0. The first kappa shape index (κ1) is 14.2. The Kier molecular flexibility index (Phi) is 4.75. The van der Waals surface area contributed by atoms with E-state index >= 15 is 0 Å². The third kappa shape index (κ3) is 3.32. The number of aliphatic hydroxyl groups is 1. The highest BCUT2D eigenvalue weighted by Gasteiger charge is 2.26. The van der Waals surface area contributed by atoms with Gasteiger partial charge in [-0.2, -0.15) is 5.10 Å². The standard InChI is InChI=1S/C14H26N2O/c1-6-11-9-12(16(8-3)15-11)10-13(17)14(4,5)7-2/h9,13,17H,6-8,10H2,1-5H3. The minimum atomic E-state index is -0.306. The fourth-order valence-electron chi connectivity index (χ4n) is 1.84. The van der Waals surface area contributed by atoms with E-state index in [-0.39, 0.29) is 11.5 Å². The quantitative estimate of drug-likeness (QED) is 0.827. The highest BCUT2D eigenvalue weighted by Crippen LogP contribution is 2.27. The average Bonchev–Trinajstić information content (AvgIpc) is 2.71. The molecular formula is C14H26N2O. The first-order chi connectivity index (χ1) is 7.94. The number of aromatic nitrogens is 2. The summed E-state index contributed by atoms with van der Waals surface area (Å²) in [7, 11) is 0. The molecule has 1 atom stereocenters. The van der Waals surface area contributed by atoms with E-state index in [0.29, 0.717) is 6.42 Å². The van der Waals surface area contributed by atoms with E-state index in [0.717, 1.165) is 30.8 Å². The van der Waals surface area contributed by atoms with Gasteiger partial charge in [0, 0.05) is 18.7 Å². The summed E-state index contributed by atoms with van der Waals surface area (Å²) in [4.78, 5) is 0. The molecule has 0 bridgehead atoms. The van der Waals surface area contributed by atoms with E-state index in [4.69, 9.17) is 0 Å². The van der Waals surface area contributed by atoms with Crippen molar-refractivity contribution in [3.8, 4) is 0 Å². The lowest BCUT2D eigenvalue weighted by Gasteiger charge is -2.29. The molecule has 1 aromatic heterocycles. The Morgan fingerprint density at radius 1 is 1.35 bits per heavy atom. The molecule has 0 spiro atoms. The van der Waals surface area contributed by atoms with E-state index < -0.39 is 0 Å². The SMILES string of the molecule is CCc1cc(CC(O)C(C)(C)CC)n(CC)n1. The second-order valence-corrected chi connectivity index (χ2v) is 5.36. The van der Waals surface area contributed by atoms with Crippen molar-refractivity contribution in [3.63, 3.8) is 0 Å². The molecule has 1 heterocycles. The fourth-order valence-corrected chi connectivity index (χ4v) is 1.84. The summed E-state index contributed by atoms with van der Waals surface area (Å²) in [5, 5.41) is 14.8. The minimum Gasteiger partial charge on any atom is -0.392 e. The van der Waals surface area contributed by atoms with E-state index in [9.17, 15) is 5.11 Å². The molecule has 0 saturated carbocycles. The van der Waals surface area contributed by atoms with Crippen LogP contribution in [0.2, 0.25) is 0 Å². The number of aliphatic hydroxyl groups excluding tert-OH is 1. The van der Waals surface area contributed by atoms with Crippen molar-refractivity contribution in [2.24, 2.45) is 5.41 Å². The molecule has 17 heavy (non-hydrogen) atoms. The van der Waals surface area contributed by atoms with Gasteiger partial charge < -0.3 is 5.11 Å². The van der Waals surface area contributed by atoms with Gasteiger partial charge in [0.1, 0.15) is 0 Å². The number of rotatable bonds is 6. The molecule has 3 heteroatoms. The second kappa shape index (κ2) is 5.67. The van der Waals surface area contributed by atoms with Gasteiger partial charge in [-0.25, -0.2) is 0 Å². The zero-order valence-electron chi connectivity index (χ0n) is 11.8. The fraction of sp³-hybridized carbons (Fsp3) is 0.786. The molecule has 1 N–H and O–H groups in total. The molecule has 0 radical (unpaired) electrons. The van der Waals surface area contributed by atoms with E-state index in [1.807, 2.05) is 4.68 Å². The Bertz CT molecular complexity index is 355. The molecule has 98 valence electrons. The van der Waals surface area contributed by atoms with Gasteiger partial charge in [-0.15, -0.1) is 0 Å². The van der Waals surface area contributed by atoms with E-state index in [2.05, 4.69) is 45.8 Å². The predicted octanol–water partition coefficient (Wildman–Crippen LogP) is 2.81. The molecule has 3 nitrogen and oxygen atoms in total.